The second kappa shape index (κ2) is 3.00. The topological polar surface area (TPSA) is 21.3 Å². The molecule has 0 aromatic heterocycles. The minimum absolute atomic E-state index is 0.156. The molecule has 0 spiro atoms. The second-order valence-electron chi connectivity index (χ2n) is 4.68. The Morgan fingerprint density at radius 3 is 2.58 bits per heavy atom. The molecule has 1 aliphatic heterocycles. The molecule has 1 aliphatic carbocycles. The first kappa shape index (κ1) is 8.52. The fourth-order valence-corrected chi connectivity index (χ4v) is 1.71. The molecule has 0 aromatic rings. The molecule has 1 heterocycles. The maximum atomic E-state index is 5.87. The van der Waals surface area contributed by atoms with E-state index in [1.54, 1.807) is 0 Å². The predicted octanol–water partition coefficient (Wildman–Crippen LogP) is 1.41. The molecule has 1 atom stereocenters. The van der Waals surface area contributed by atoms with Crippen LogP contribution in [0.2, 0.25) is 0 Å². The Hall–Kier alpha value is -0.0800. The molecule has 2 rings (SSSR count). The van der Waals surface area contributed by atoms with Gasteiger partial charge in [-0.15, -0.1) is 0 Å². The standard InChI is InChI=1S/C10H19NO/c1-8(9-3-4-9)5-12-10(2)6-11-7-10/h8-9,11H,3-7H2,1-2H3. The average molecular weight is 169 g/mol. The van der Waals surface area contributed by atoms with Crippen LogP contribution in [-0.2, 0) is 4.74 Å². The molecule has 0 amide bonds. The van der Waals surface area contributed by atoms with E-state index in [1.807, 2.05) is 0 Å². The van der Waals surface area contributed by atoms with Crippen LogP contribution in [0.5, 0.6) is 0 Å². The van der Waals surface area contributed by atoms with Gasteiger partial charge in [-0.25, -0.2) is 0 Å². The van der Waals surface area contributed by atoms with Gasteiger partial charge in [-0.3, -0.25) is 0 Å². The van der Waals surface area contributed by atoms with Crippen LogP contribution in [0.25, 0.3) is 0 Å². The van der Waals surface area contributed by atoms with Gasteiger partial charge in [0.1, 0.15) is 0 Å². The summed E-state index contributed by atoms with van der Waals surface area (Å²) in [5, 5.41) is 3.25. The Labute approximate surface area is 74.7 Å². The molecule has 0 bridgehead atoms. The van der Waals surface area contributed by atoms with Crippen molar-refractivity contribution < 1.29 is 4.74 Å². The van der Waals surface area contributed by atoms with Crippen molar-refractivity contribution in [1.82, 2.24) is 5.32 Å². The fraction of sp³-hybridized carbons (Fsp3) is 1.00. The Balaban J connectivity index is 1.66. The van der Waals surface area contributed by atoms with Gasteiger partial charge >= 0.3 is 0 Å². The Kier molecular flexibility index (Phi) is 2.13. The minimum Gasteiger partial charge on any atom is -0.372 e. The molecule has 1 N–H and O–H groups in total. The first-order valence-corrected chi connectivity index (χ1v) is 5.04. The van der Waals surface area contributed by atoms with Gasteiger partial charge in [0.25, 0.3) is 0 Å². The monoisotopic (exact) mass is 169 g/mol. The molecule has 1 unspecified atom stereocenters. The van der Waals surface area contributed by atoms with Crippen LogP contribution in [0.4, 0.5) is 0 Å². The van der Waals surface area contributed by atoms with E-state index in [0.29, 0.717) is 0 Å². The Bertz CT molecular complexity index is 161. The van der Waals surface area contributed by atoms with Gasteiger partial charge in [-0.2, -0.15) is 0 Å². The summed E-state index contributed by atoms with van der Waals surface area (Å²) in [6.45, 7) is 7.54. The zero-order valence-corrected chi connectivity index (χ0v) is 8.10. The van der Waals surface area contributed by atoms with Crippen molar-refractivity contribution in [3.05, 3.63) is 0 Å². The third-order valence-corrected chi connectivity index (χ3v) is 3.12. The zero-order chi connectivity index (χ0) is 8.60. The van der Waals surface area contributed by atoms with Crippen molar-refractivity contribution in [1.29, 1.82) is 0 Å². The maximum Gasteiger partial charge on any atom is 0.0901 e. The lowest BCUT2D eigenvalue weighted by atomic mass is 9.99. The molecule has 2 nitrogen and oxygen atoms in total. The average Bonchev–Trinajstić information content (AvgIpc) is 2.78. The SMILES string of the molecule is CC(COC1(C)CNC1)C1CC1. The van der Waals surface area contributed by atoms with Gasteiger partial charge < -0.3 is 10.1 Å². The van der Waals surface area contributed by atoms with Crippen molar-refractivity contribution in [3.8, 4) is 0 Å². The summed E-state index contributed by atoms with van der Waals surface area (Å²) in [5.41, 5.74) is 0.156. The molecule has 2 heteroatoms. The molecular formula is C10H19NO. The van der Waals surface area contributed by atoms with Crippen molar-refractivity contribution in [3.63, 3.8) is 0 Å². The Morgan fingerprint density at radius 2 is 2.17 bits per heavy atom. The van der Waals surface area contributed by atoms with Crippen LogP contribution in [0.15, 0.2) is 0 Å². The van der Waals surface area contributed by atoms with E-state index in [-0.39, 0.29) is 5.60 Å². The van der Waals surface area contributed by atoms with Crippen molar-refractivity contribution in [2.24, 2.45) is 11.8 Å². The second-order valence-corrected chi connectivity index (χ2v) is 4.68. The van der Waals surface area contributed by atoms with E-state index in [1.165, 1.54) is 12.8 Å². The van der Waals surface area contributed by atoms with Crippen molar-refractivity contribution >= 4 is 0 Å². The molecule has 1 saturated heterocycles. The molecular weight excluding hydrogens is 150 g/mol. The van der Waals surface area contributed by atoms with E-state index in [0.717, 1.165) is 31.5 Å². The van der Waals surface area contributed by atoms with Crippen molar-refractivity contribution in [2.75, 3.05) is 19.7 Å². The lowest BCUT2D eigenvalue weighted by Crippen LogP contribution is -2.59. The molecule has 2 aliphatic rings. The van der Waals surface area contributed by atoms with E-state index >= 15 is 0 Å². The normalized spacial score (nSPS) is 29.5. The first-order valence-electron chi connectivity index (χ1n) is 5.04. The molecule has 1 saturated carbocycles. The summed E-state index contributed by atoms with van der Waals surface area (Å²) in [7, 11) is 0. The van der Waals surface area contributed by atoms with Gasteiger partial charge in [0.2, 0.25) is 0 Å². The van der Waals surface area contributed by atoms with Crippen LogP contribution < -0.4 is 5.32 Å². The number of hydrogen-bond donors (Lipinski definition) is 1. The summed E-state index contributed by atoms with van der Waals surface area (Å²) in [5.74, 6) is 1.75. The van der Waals surface area contributed by atoms with E-state index < -0.39 is 0 Å². The van der Waals surface area contributed by atoms with Gasteiger partial charge in [-0.1, -0.05) is 6.92 Å². The summed E-state index contributed by atoms with van der Waals surface area (Å²) in [6.07, 6.45) is 2.86. The highest BCUT2D eigenvalue weighted by atomic mass is 16.5. The summed E-state index contributed by atoms with van der Waals surface area (Å²) >= 11 is 0. The zero-order valence-electron chi connectivity index (χ0n) is 8.10. The number of nitrogens with one attached hydrogen (secondary N) is 1. The van der Waals surface area contributed by atoms with Gasteiger partial charge in [0.05, 0.1) is 12.2 Å². The lowest BCUT2D eigenvalue weighted by molar-refractivity contribution is -0.0802. The molecule has 0 aromatic carbocycles. The first-order chi connectivity index (χ1) is 5.70. The number of ether oxygens (including phenoxy) is 1. The highest BCUT2D eigenvalue weighted by Crippen LogP contribution is 2.37. The van der Waals surface area contributed by atoms with Gasteiger partial charge in [0, 0.05) is 13.1 Å². The van der Waals surface area contributed by atoms with E-state index in [2.05, 4.69) is 19.2 Å². The predicted molar refractivity (Wildman–Crippen MR) is 49.1 cm³/mol. The minimum atomic E-state index is 0.156. The van der Waals surface area contributed by atoms with Gasteiger partial charge in [-0.05, 0) is 31.6 Å². The maximum absolute atomic E-state index is 5.87. The molecule has 70 valence electrons. The highest BCUT2D eigenvalue weighted by molar-refractivity contribution is 4.90. The van der Waals surface area contributed by atoms with Crippen LogP contribution in [0.1, 0.15) is 26.7 Å². The molecule has 2 fully saturated rings. The van der Waals surface area contributed by atoms with Crippen LogP contribution in [0.3, 0.4) is 0 Å². The fourth-order valence-electron chi connectivity index (χ4n) is 1.71. The van der Waals surface area contributed by atoms with Crippen molar-refractivity contribution in [2.45, 2.75) is 32.3 Å². The highest BCUT2D eigenvalue weighted by Gasteiger charge is 2.35. The van der Waals surface area contributed by atoms with Crippen LogP contribution >= 0.6 is 0 Å². The number of hydrogen-bond acceptors (Lipinski definition) is 2. The quantitative estimate of drug-likeness (QED) is 0.687. The third-order valence-electron chi connectivity index (χ3n) is 3.12. The largest absolute Gasteiger partial charge is 0.372 e. The van der Waals surface area contributed by atoms with Gasteiger partial charge in [0.15, 0.2) is 0 Å². The smallest absolute Gasteiger partial charge is 0.0901 e. The molecule has 0 radical (unpaired) electrons. The number of rotatable bonds is 4. The van der Waals surface area contributed by atoms with E-state index in [9.17, 15) is 0 Å². The summed E-state index contributed by atoms with van der Waals surface area (Å²) < 4.78 is 5.87. The summed E-state index contributed by atoms with van der Waals surface area (Å²) in [6, 6.07) is 0. The van der Waals surface area contributed by atoms with Crippen LogP contribution in [0, 0.1) is 11.8 Å². The lowest BCUT2D eigenvalue weighted by Gasteiger charge is -2.39. The summed E-state index contributed by atoms with van der Waals surface area (Å²) in [4.78, 5) is 0. The Morgan fingerprint density at radius 1 is 1.50 bits per heavy atom. The molecule has 12 heavy (non-hydrogen) atoms. The van der Waals surface area contributed by atoms with E-state index in [4.69, 9.17) is 4.74 Å². The third kappa shape index (κ3) is 1.80. The van der Waals surface area contributed by atoms with Crippen LogP contribution in [-0.4, -0.2) is 25.3 Å².